The number of ether oxygens (including phenoxy) is 2. The van der Waals surface area contributed by atoms with Gasteiger partial charge in [-0.3, -0.25) is 9.59 Å². The van der Waals surface area contributed by atoms with Gasteiger partial charge in [0.25, 0.3) is 0 Å². The molecule has 0 aliphatic rings. The summed E-state index contributed by atoms with van der Waals surface area (Å²) in [5.74, 6) is 0.434. The van der Waals surface area contributed by atoms with E-state index >= 15 is 0 Å². The molecule has 23 heavy (non-hydrogen) atoms. The third kappa shape index (κ3) is 5.00. The number of hydrogen-bond donors (Lipinski definition) is 1. The molecule has 2 rings (SSSR count). The zero-order chi connectivity index (χ0) is 16.7. The zero-order valence-corrected chi connectivity index (χ0v) is 12.9. The smallest absolute Gasteiger partial charge is 0.308 e. The van der Waals surface area contributed by atoms with Crippen molar-refractivity contribution in [3.8, 4) is 11.5 Å². The molecule has 0 bridgehead atoms. The lowest BCUT2D eigenvalue weighted by Gasteiger charge is -2.05. The summed E-state index contributed by atoms with van der Waals surface area (Å²) in [5, 5.41) is 2.73. The second kappa shape index (κ2) is 7.79. The number of benzene rings is 2. The van der Waals surface area contributed by atoms with Crippen molar-refractivity contribution in [1.29, 1.82) is 0 Å². The SMILES string of the molecule is COc1ccc(NC(=O)/C=C\c2ccccc2OC(C)=O)cc1. The second-order valence-electron chi connectivity index (χ2n) is 4.68. The average Bonchev–Trinajstić information content (AvgIpc) is 2.54. The maximum absolute atomic E-state index is 11.9. The molecule has 0 saturated heterocycles. The summed E-state index contributed by atoms with van der Waals surface area (Å²) in [7, 11) is 1.58. The van der Waals surface area contributed by atoms with E-state index < -0.39 is 5.97 Å². The Morgan fingerprint density at radius 2 is 1.74 bits per heavy atom. The van der Waals surface area contributed by atoms with Gasteiger partial charge in [0.05, 0.1) is 7.11 Å². The van der Waals surface area contributed by atoms with Crippen LogP contribution in [-0.2, 0) is 9.59 Å². The molecule has 5 heteroatoms. The maximum atomic E-state index is 11.9. The van der Waals surface area contributed by atoms with Crippen molar-refractivity contribution in [1.82, 2.24) is 0 Å². The Kier molecular flexibility index (Phi) is 5.52. The fourth-order valence-electron chi connectivity index (χ4n) is 1.89. The van der Waals surface area contributed by atoms with Gasteiger partial charge in [-0.05, 0) is 36.4 Å². The van der Waals surface area contributed by atoms with Crippen LogP contribution in [0.5, 0.6) is 11.5 Å². The number of hydrogen-bond acceptors (Lipinski definition) is 4. The highest BCUT2D eigenvalue weighted by atomic mass is 16.5. The Hall–Kier alpha value is -3.08. The lowest BCUT2D eigenvalue weighted by molar-refractivity contribution is -0.131. The maximum Gasteiger partial charge on any atom is 0.308 e. The molecular weight excluding hydrogens is 294 g/mol. The first-order valence-corrected chi connectivity index (χ1v) is 6.99. The number of carbonyl (C=O) groups excluding carboxylic acids is 2. The number of nitrogens with one attached hydrogen (secondary N) is 1. The highest BCUT2D eigenvalue weighted by molar-refractivity contribution is 6.02. The monoisotopic (exact) mass is 311 g/mol. The molecule has 2 aromatic rings. The predicted octanol–water partition coefficient (Wildman–Crippen LogP) is 3.27. The highest BCUT2D eigenvalue weighted by Gasteiger charge is 2.04. The van der Waals surface area contributed by atoms with Gasteiger partial charge in [-0.1, -0.05) is 18.2 Å². The van der Waals surface area contributed by atoms with Crippen molar-refractivity contribution in [3.63, 3.8) is 0 Å². The molecule has 1 N–H and O–H groups in total. The molecule has 0 radical (unpaired) electrons. The molecule has 0 fully saturated rings. The van der Waals surface area contributed by atoms with Crippen LogP contribution in [0.1, 0.15) is 12.5 Å². The normalized spacial score (nSPS) is 10.3. The lowest BCUT2D eigenvalue weighted by Crippen LogP contribution is -2.07. The highest BCUT2D eigenvalue weighted by Crippen LogP contribution is 2.20. The van der Waals surface area contributed by atoms with Crippen LogP contribution < -0.4 is 14.8 Å². The van der Waals surface area contributed by atoms with E-state index in [0.717, 1.165) is 0 Å². The Labute approximate surface area is 134 Å². The van der Waals surface area contributed by atoms with Crippen LogP contribution >= 0.6 is 0 Å². The molecule has 0 saturated carbocycles. The van der Waals surface area contributed by atoms with E-state index in [0.29, 0.717) is 22.7 Å². The number of para-hydroxylation sites is 1. The van der Waals surface area contributed by atoms with Crippen LogP contribution in [-0.4, -0.2) is 19.0 Å². The summed E-state index contributed by atoms with van der Waals surface area (Å²) in [4.78, 5) is 23.0. The Bertz CT molecular complexity index is 720. The van der Waals surface area contributed by atoms with Gasteiger partial charge in [0.1, 0.15) is 11.5 Å². The van der Waals surface area contributed by atoms with Crippen LogP contribution in [0, 0.1) is 0 Å². The molecule has 2 aromatic carbocycles. The van der Waals surface area contributed by atoms with Crippen molar-refractivity contribution < 1.29 is 19.1 Å². The summed E-state index contributed by atoms with van der Waals surface area (Å²) >= 11 is 0. The minimum Gasteiger partial charge on any atom is -0.497 e. The molecule has 0 spiro atoms. The molecule has 118 valence electrons. The van der Waals surface area contributed by atoms with Crippen LogP contribution in [0.15, 0.2) is 54.6 Å². The lowest BCUT2D eigenvalue weighted by atomic mass is 10.2. The number of rotatable bonds is 5. The number of anilines is 1. The Balaban J connectivity index is 2.04. The van der Waals surface area contributed by atoms with Crippen LogP contribution in [0.3, 0.4) is 0 Å². The first kappa shape index (κ1) is 16.3. The standard InChI is InChI=1S/C18H17NO4/c1-13(20)23-17-6-4-3-5-14(17)7-12-18(21)19-15-8-10-16(22-2)11-9-15/h3-12H,1-2H3,(H,19,21)/b12-7-. The van der Waals surface area contributed by atoms with Gasteiger partial charge in [-0.15, -0.1) is 0 Å². The second-order valence-corrected chi connectivity index (χ2v) is 4.68. The summed E-state index contributed by atoms with van der Waals surface area (Å²) in [6.45, 7) is 1.33. The van der Waals surface area contributed by atoms with Crippen LogP contribution in [0.2, 0.25) is 0 Å². The molecule has 1 amide bonds. The van der Waals surface area contributed by atoms with Crippen LogP contribution in [0.4, 0.5) is 5.69 Å². The van der Waals surface area contributed by atoms with Gasteiger partial charge in [0.2, 0.25) is 5.91 Å². The molecule has 0 atom stereocenters. The molecule has 0 aromatic heterocycles. The van der Waals surface area contributed by atoms with Crippen molar-refractivity contribution in [3.05, 3.63) is 60.2 Å². The largest absolute Gasteiger partial charge is 0.497 e. The summed E-state index contributed by atoms with van der Waals surface area (Å²) in [6, 6.07) is 14.0. The number of carbonyl (C=O) groups is 2. The van der Waals surface area contributed by atoms with Gasteiger partial charge in [0.15, 0.2) is 0 Å². The van der Waals surface area contributed by atoms with Crippen molar-refractivity contribution in [2.75, 3.05) is 12.4 Å². The van der Waals surface area contributed by atoms with E-state index in [2.05, 4.69) is 5.32 Å². The topological polar surface area (TPSA) is 64.6 Å². The number of methoxy groups -OCH3 is 1. The molecule has 0 aliphatic heterocycles. The van der Waals surface area contributed by atoms with E-state index in [-0.39, 0.29) is 5.91 Å². The molecule has 0 aliphatic carbocycles. The third-order valence-electron chi connectivity index (χ3n) is 2.94. The molecule has 0 unspecified atom stereocenters. The van der Waals surface area contributed by atoms with Crippen molar-refractivity contribution >= 4 is 23.6 Å². The van der Waals surface area contributed by atoms with Gasteiger partial charge in [-0.2, -0.15) is 0 Å². The quantitative estimate of drug-likeness (QED) is 0.523. The zero-order valence-electron chi connectivity index (χ0n) is 12.9. The van der Waals surface area contributed by atoms with E-state index in [1.54, 1.807) is 61.7 Å². The molecule has 0 heterocycles. The number of esters is 1. The molecular formula is C18H17NO4. The summed E-state index contributed by atoms with van der Waals surface area (Å²) < 4.78 is 10.1. The van der Waals surface area contributed by atoms with Gasteiger partial charge in [0, 0.05) is 24.3 Å². The Morgan fingerprint density at radius 1 is 1.04 bits per heavy atom. The summed E-state index contributed by atoms with van der Waals surface area (Å²) in [6.07, 6.45) is 2.98. The predicted molar refractivity (Wildman–Crippen MR) is 88.4 cm³/mol. The third-order valence-corrected chi connectivity index (χ3v) is 2.94. The van der Waals surface area contributed by atoms with E-state index in [1.165, 1.54) is 13.0 Å². The van der Waals surface area contributed by atoms with Crippen LogP contribution in [0.25, 0.3) is 6.08 Å². The molecule has 5 nitrogen and oxygen atoms in total. The van der Waals surface area contributed by atoms with Gasteiger partial charge in [-0.25, -0.2) is 0 Å². The first-order chi connectivity index (χ1) is 11.1. The fraction of sp³-hybridized carbons (Fsp3) is 0.111. The van der Waals surface area contributed by atoms with Gasteiger partial charge >= 0.3 is 5.97 Å². The number of amides is 1. The summed E-state index contributed by atoms with van der Waals surface area (Å²) in [5.41, 5.74) is 1.31. The van der Waals surface area contributed by atoms with E-state index in [9.17, 15) is 9.59 Å². The van der Waals surface area contributed by atoms with Gasteiger partial charge < -0.3 is 14.8 Å². The van der Waals surface area contributed by atoms with E-state index in [4.69, 9.17) is 9.47 Å². The van der Waals surface area contributed by atoms with E-state index in [1.807, 2.05) is 0 Å². The average molecular weight is 311 g/mol. The Morgan fingerprint density at radius 3 is 2.39 bits per heavy atom. The first-order valence-electron chi connectivity index (χ1n) is 6.99. The van der Waals surface area contributed by atoms with Crippen molar-refractivity contribution in [2.45, 2.75) is 6.92 Å². The minimum atomic E-state index is -0.409. The fourth-order valence-corrected chi connectivity index (χ4v) is 1.89. The minimum absolute atomic E-state index is 0.284. The van der Waals surface area contributed by atoms with Crippen molar-refractivity contribution in [2.24, 2.45) is 0 Å².